The van der Waals surface area contributed by atoms with Gasteiger partial charge in [-0.1, -0.05) is 12.1 Å². The Hall–Kier alpha value is -2.04. The van der Waals surface area contributed by atoms with Crippen LogP contribution in [0.4, 0.5) is 0 Å². The van der Waals surface area contributed by atoms with Gasteiger partial charge in [-0.3, -0.25) is 0 Å². The van der Waals surface area contributed by atoms with Crippen LogP contribution in [0.5, 0.6) is 5.75 Å². The van der Waals surface area contributed by atoms with Gasteiger partial charge in [0.1, 0.15) is 5.75 Å². The van der Waals surface area contributed by atoms with Crippen molar-refractivity contribution in [1.29, 1.82) is 0 Å². The predicted octanol–water partition coefficient (Wildman–Crippen LogP) is 1.16. The number of benzene rings is 1. The monoisotopic (exact) mass is 220 g/mol. The number of nitrogens with one attached hydrogen (secondary N) is 1. The molecule has 0 saturated carbocycles. The Morgan fingerprint density at radius 3 is 3.00 bits per heavy atom. The van der Waals surface area contributed by atoms with Gasteiger partial charge in [-0.05, 0) is 24.1 Å². The van der Waals surface area contributed by atoms with Crippen LogP contribution < -0.4 is 10.5 Å². The molecule has 1 heterocycles. The molecule has 0 amide bonds. The molecular weight excluding hydrogens is 208 g/mol. The number of hydrogen-bond acceptors (Lipinski definition) is 4. The molecule has 0 aliphatic heterocycles. The summed E-state index contributed by atoms with van der Waals surface area (Å²) in [5, 5.41) is 5.97. The summed E-state index contributed by atoms with van der Waals surface area (Å²) in [6.45, 7) is 0. The highest BCUT2D eigenvalue weighted by Gasteiger charge is 2.02. The highest BCUT2D eigenvalue weighted by molar-refractivity contribution is 5.28. The molecule has 0 atom stereocenters. The first-order valence-corrected chi connectivity index (χ1v) is 4.95. The second kappa shape index (κ2) is 4.65. The van der Waals surface area contributed by atoms with E-state index in [0.717, 1.165) is 17.7 Å². The van der Waals surface area contributed by atoms with E-state index in [-0.39, 0.29) is 0 Å². The first-order valence-electron chi connectivity index (χ1n) is 4.95. The molecular formula is C11H12N2O3. The van der Waals surface area contributed by atoms with Crippen molar-refractivity contribution in [3.63, 3.8) is 0 Å². The lowest BCUT2D eigenvalue weighted by molar-refractivity contribution is 0.414. The second-order valence-corrected chi connectivity index (χ2v) is 3.36. The molecule has 1 N–H and O–H groups in total. The molecule has 0 saturated heterocycles. The second-order valence-electron chi connectivity index (χ2n) is 3.36. The number of hydrogen-bond donors (Lipinski definition) is 1. The van der Waals surface area contributed by atoms with E-state index in [0.29, 0.717) is 12.3 Å². The zero-order valence-electron chi connectivity index (χ0n) is 8.90. The third-order valence-electron chi connectivity index (χ3n) is 2.24. The fraction of sp³-hybridized carbons (Fsp3) is 0.273. The number of aromatic amines is 1. The minimum Gasteiger partial charge on any atom is -0.497 e. The Bertz CT molecular complexity index is 516. The maximum atomic E-state index is 10.7. The van der Waals surface area contributed by atoms with Gasteiger partial charge in [0, 0.05) is 6.42 Å². The Morgan fingerprint density at radius 2 is 2.31 bits per heavy atom. The first-order chi connectivity index (χ1) is 7.78. The van der Waals surface area contributed by atoms with Crippen molar-refractivity contribution in [1.82, 2.24) is 10.2 Å². The highest BCUT2D eigenvalue weighted by atomic mass is 16.5. The van der Waals surface area contributed by atoms with Crippen LogP contribution in [0.15, 0.2) is 33.5 Å². The van der Waals surface area contributed by atoms with Crippen molar-refractivity contribution in [2.75, 3.05) is 7.11 Å². The van der Waals surface area contributed by atoms with Crippen molar-refractivity contribution in [3.05, 3.63) is 46.3 Å². The summed E-state index contributed by atoms with van der Waals surface area (Å²) in [5.74, 6) is 0.731. The molecule has 0 aliphatic carbocycles. The van der Waals surface area contributed by atoms with Crippen LogP contribution in [0.3, 0.4) is 0 Å². The van der Waals surface area contributed by atoms with Gasteiger partial charge in [0.2, 0.25) is 5.89 Å². The zero-order valence-corrected chi connectivity index (χ0v) is 8.90. The molecule has 0 fully saturated rings. The van der Waals surface area contributed by atoms with Gasteiger partial charge in [-0.15, -0.1) is 5.10 Å². The van der Waals surface area contributed by atoms with E-state index in [2.05, 4.69) is 10.2 Å². The van der Waals surface area contributed by atoms with Crippen LogP contribution in [0, 0.1) is 0 Å². The van der Waals surface area contributed by atoms with Crippen molar-refractivity contribution in [2.45, 2.75) is 12.8 Å². The lowest BCUT2D eigenvalue weighted by atomic mass is 10.1. The summed E-state index contributed by atoms with van der Waals surface area (Å²) in [6.07, 6.45) is 1.34. The van der Waals surface area contributed by atoms with Crippen LogP contribution in [-0.4, -0.2) is 17.3 Å². The van der Waals surface area contributed by atoms with Crippen molar-refractivity contribution < 1.29 is 9.15 Å². The Kier molecular flexibility index (Phi) is 3.05. The van der Waals surface area contributed by atoms with Gasteiger partial charge in [0.15, 0.2) is 0 Å². The van der Waals surface area contributed by atoms with Gasteiger partial charge < -0.3 is 9.15 Å². The Morgan fingerprint density at radius 1 is 1.44 bits per heavy atom. The van der Waals surface area contributed by atoms with Crippen LogP contribution in [0.25, 0.3) is 0 Å². The summed E-state index contributed by atoms with van der Waals surface area (Å²) < 4.78 is 9.92. The molecule has 0 radical (unpaired) electrons. The van der Waals surface area contributed by atoms with E-state index in [4.69, 9.17) is 9.15 Å². The molecule has 1 aromatic carbocycles. The molecule has 1 aromatic heterocycles. The minimum absolute atomic E-state index is 0.424. The third kappa shape index (κ3) is 2.50. The first kappa shape index (κ1) is 10.5. The lowest BCUT2D eigenvalue weighted by Gasteiger charge is -2.02. The molecule has 0 spiro atoms. The molecule has 0 aliphatic rings. The normalized spacial score (nSPS) is 10.3. The van der Waals surface area contributed by atoms with Crippen LogP contribution in [0.1, 0.15) is 11.5 Å². The molecule has 2 aromatic rings. The topological polar surface area (TPSA) is 68.1 Å². The summed E-state index contributed by atoms with van der Waals surface area (Å²) >= 11 is 0. The number of aromatic nitrogens is 2. The summed E-state index contributed by atoms with van der Waals surface area (Å²) in [6, 6.07) is 7.76. The van der Waals surface area contributed by atoms with Gasteiger partial charge in [-0.2, -0.15) is 0 Å². The van der Waals surface area contributed by atoms with Gasteiger partial charge in [0.05, 0.1) is 7.11 Å². The largest absolute Gasteiger partial charge is 0.497 e. The Balaban J connectivity index is 2.01. The van der Waals surface area contributed by atoms with E-state index in [1.165, 1.54) is 0 Å². The number of rotatable bonds is 4. The standard InChI is InChI=1S/C11H12N2O3/c1-15-9-4-2-3-8(7-9)5-6-10-12-13-11(14)16-10/h2-4,7H,5-6H2,1H3,(H,13,14). The van der Waals surface area contributed by atoms with E-state index in [1.54, 1.807) is 7.11 Å². The summed E-state index contributed by atoms with van der Waals surface area (Å²) in [5.41, 5.74) is 1.12. The number of nitrogens with zero attached hydrogens (tertiary/aromatic N) is 1. The van der Waals surface area contributed by atoms with Crippen LogP contribution in [0.2, 0.25) is 0 Å². The number of methoxy groups -OCH3 is 1. The van der Waals surface area contributed by atoms with E-state index in [9.17, 15) is 4.79 Å². The molecule has 84 valence electrons. The summed E-state index contributed by atoms with van der Waals surface area (Å²) in [4.78, 5) is 10.7. The van der Waals surface area contributed by atoms with Gasteiger partial charge >= 0.3 is 5.76 Å². The molecule has 5 nitrogen and oxygen atoms in total. The lowest BCUT2D eigenvalue weighted by Crippen LogP contribution is -1.94. The molecule has 0 unspecified atom stereocenters. The molecule has 16 heavy (non-hydrogen) atoms. The highest BCUT2D eigenvalue weighted by Crippen LogP contribution is 2.13. The minimum atomic E-state index is -0.513. The molecule has 0 bridgehead atoms. The van der Waals surface area contributed by atoms with E-state index in [1.807, 2.05) is 24.3 Å². The van der Waals surface area contributed by atoms with Gasteiger partial charge in [-0.25, -0.2) is 9.89 Å². The third-order valence-corrected chi connectivity index (χ3v) is 2.24. The predicted molar refractivity (Wildman–Crippen MR) is 57.5 cm³/mol. The maximum absolute atomic E-state index is 10.7. The fourth-order valence-electron chi connectivity index (χ4n) is 1.45. The van der Waals surface area contributed by atoms with Crippen LogP contribution >= 0.6 is 0 Å². The van der Waals surface area contributed by atoms with Gasteiger partial charge in [0.25, 0.3) is 0 Å². The van der Waals surface area contributed by atoms with E-state index < -0.39 is 5.76 Å². The summed E-state index contributed by atoms with van der Waals surface area (Å²) in [7, 11) is 1.63. The molecule has 2 rings (SSSR count). The van der Waals surface area contributed by atoms with Crippen molar-refractivity contribution in [3.8, 4) is 5.75 Å². The number of H-pyrrole nitrogens is 1. The number of aryl methyl sites for hydroxylation is 2. The smallest absolute Gasteiger partial charge is 0.434 e. The van der Waals surface area contributed by atoms with Crippen molar-refractivity contribution >= 4 is 0 Å². The number of ether oxygens (including phenoxy) is 1. The van der Waals surface area contributed by atoms with E-state index >= 15 is 0 Å². The average molecular weight is 220 g/mol. The SMILES string of the molecule is COc1cccc(CCc2n[nH]c(=O)o2)c1. The molecule has 5 heteroatoms. The average Bonchev–Trinajstić information content (AvgIpc) is 2.73. The maximum Gasteiger partial charge on any atom is 0.434 e. The fourth-order valence-corrected chi connectivity index (χ4v) is 1.45. The van der Waals surface area contributed by atoms with Crippen molar-refractivity contribution in [2.24, 2.45) is 0 Å². The quantitative estimate of drug-likeness (QED) is 0.839. The zero-order chi connectivity index (χ0) is 11.4. The van der Waals surface area contributed by atoms with Crippen LogP contribution in [-0.2, 0) is 12.8 Å². The Labute approximate surface area is 92.1 Å².